The predicted octanol–water partition coefficient (Wildman–Crippen LogP) is 2.03. The molecule has 0 aromatic carbocycles. The van der Waals surface area contributed by atoms with Crippen LogP contribution in [-0.4, -0.2) is 9.78 Å². The van der Waals surface area contributed by atoms with Gasteiger partial charge in [0, 0.05) is 12.7 Å². The van der Waals surface area contributed by atoms with Gasteiger partial charge in [-0.05, 0) is 18.4 Å². The molecule has 1 heterocycles. The van der Waals surface area contributed by atoms with Crippen molar-refractivity contribution in [2.75, 3.05) is 0 Å². The van der Waals surface area contributed by atoms with Crippen molar-refractivity contribution < 1.29 is 0 Å². The third-order valence-electron chi connectivity index (χ3n) is 1.64. The Bertz CT molecular complexity index is 201. The molecule has 0 unspecified atom stereocenters. The molecular weight excluding hydrogens is 124 g/mol. The maximum atomic E-state index is 4.17. The molecule has 0 aliphatic rings. The van der Waals surface area contributed by atoms with E-state index >= 15 is 0 Å². The lowest BCUT2D eigenvalue weighted by Crippen LogP contribution is -1.92. The Kier molecular flexibility index (Phi) is 2.10. The molecule has 0 N–H and O–H groups in total. The van der Waals surface area contributed by atoms with Gasteiger partial charge in [0.2, 0.25) is 0 Å². The first-order valence-corrected chi connectivity index (χ1v) is 3.76. The van der Waals surface area contributed by atoms with Crippen LogP contribution < -0.4 is 0 Å². The summed E-state index contributed by atoms with van der Waals surface area (Å²) in [6.07, 6.45) is 4.04. The van der Waals surface area contributed by atoms with E-state index in [2.05, 4.69) is 32.1 Å². The van der Waals surface area contributed by atoms with E-state index in [4.69, 9.17) is 0 Å². The number of nitrogens with zero attached hydrogens (tertiary/aromatic N) is 2. The van der Waals surface area contributed by atoms with Crippen LogP contribution in [0.5, 0.6) is 0 Å². The van der Waals surface area contributed by atoms with Crippen molar-refractivity contribution in [1.29, 1.82) is 0 Å². The van der Waals surface area contributed by atoms with Crippen molar-refractivity contribution in [3.05, 3.63) is 18.0 Å². The molecule has 0 aliphatic carbocycles. The second-order valence-electron chi connectivity index (χ2n) is 2.78. The molecule has 0 bridgehead atoms. The molecule has 1 rings (SSSR count). The number of hydrogen-bond donors (Lipinski definition) is 0. The van der Waals surface area contributed by atoms with Gasteiger partial charge < -0.3 is 0 Å². The van der Waals surface area contributed by atoms with Crippen LogP contribution in [0, 0.1) is 0 Å². The fourth-order valence-corrected chi connectivity index (χ4v) is 0.851. The van der Waals surface area contributed by atoms with Crippen molar-refractivity contribution in [3.63, 3.8) is 0 Å². The zero-order chi connectivity index (χ0) is 7.56. The summed E-state index contributed by atoms with van der Waals surface area (Å²) in [5.41, 5.74) is 1.32. The first kappa shape index (κ1) is 7.32. The Morgan fingerprint density at radius 1 is 1.60 bits per heavy atom. The van der Waals surface area contributed by atoms with Gasteiger partial charge in [-0.15, -0.1) is 0 Å². The van der Waals surface area contributed by atoms with E-state index in [1.165, 1.54) is 5.56 Å². The Balaban J connectivity index is 2.78. The van der Waals surface area contributed by atoms with Crippen LogP contribution in [0.2, 0.25) is 0 Å². The summed E-state index contributed by atoms with van der Waals surface area (Å²) in [5.74, 6) is 0.597. The van der Waals surface area contributed by atoms with Gasteiger partial charge in [0.15, 0.2) is 0 Å². The Morgan fingerprint density at radius 3 is 2.60 bits per heavy atom. The smallest absolute Gasteiger partial charge is 0.0524 e. The second-order valence-corrected chi connectivity index (χ2v) is 2.78. The van der Waals surface area contributed by atoms with Gasteiger partial charge in [0.25, 0.3) is 0 Å². The quantitative estimate of drug-likeness (QED) is 0.611. The van der Waals surface area contributed by atoms with Crippen molar-refractivity contribution in [2.24, 2.45) is 0 Å². The molecule has 0 saturated heterocycles. The summed E-state index contributed by atoms with van der Waals surface area (Å²) in [5, 5.41) is 4.17. The summed E-state index contributed by atoms with van der Waals surface area (Å²) in [6, 6.07) is 0. The Hall–Kier alpha value is -0.790. The number of rotatable bonds is 2. The minimum absolute atomic E-state index is 0.597. The van der Waals surface area contributed by atoms with Crippen LogP contribution >= 0.6 is 0 Å². The maximum Gasteiger partial charge on any atom is 0.0524 e. The fourth-order valence-electron chi connectivity index (χ4n) is 0.851. The SMILES string of the molecule is CCn1cc(C(C)C)cn1. The molecule has 1 aromatic heterocycles. The molecule has 0 saturated carbocycles. The fraction of sp³-hybridized carbons (Fsp3) is 0.625. The molecular formula is C8H14N2. The van der Waals surface area contributed by atoms with E-state index in [0.717, 1.165) is 6.54 Å². The highest BCUT2D eigenvalue weighted by Gasteiger charge is 2.00. The van der Waals surface area contributed by atoms with Crippen LogP contribution in [0.3, 0.4) is 0 Å². The highest BCUT2D eigenvalue weighted by molar-refractivity contribution is 5.08. The number of hydrogen-bond acceptors (Lipinski definition) is 1. The van der Waals surface area contributed by atoms with E-state index in [9.17, 15) is 0 Å². The number of aryl methyl sites for hydroxylation is 1. The maximum absolute atomic E-state index is 4.17. The summed E-state index contributed by atoms with van der Waals surface area (Å²) >= 11 is 0. The molecule has 0 aliphatic heterocycles. The van der Waals surface area contributed by atoms with Gasteiger partial charge in [-0.3, -0.25) is 4.68 Å². The van der Waals surface area contributed by atoms with E-state index in [1.807, 2.05) is 10.9 Å². The average Bonchev–Trinajstić information content (AvgIpc) is 2.34. The lowest BCUT2D eigenvalue weighted by molar-refractivity contribution is 0.658. The molecule has 0 amide bonds. The zero-order valence-electron chi connectivity index (χ0n) is 6.83. The molecule has 2 nitrogen and oxygen atoms in total. The third-order valence-corrected chi connectivity index (χ3v) is 1.64. The van der Waals surface area contributed by atoms with Crippen molar-refractivity contribution in [3.8, 4) is 0 Å². The molecule has 56 valence electrons. The lowest BCUT2D eigenvalue weighted by Gasteiger charge is -1.96. The molecule has 2 heteroatoms. The van der Waals surface area contributed by atoms with Gasteiger partial charge in [0.1, 0.15) is 0 Å². The van der Waals surface area contributed by atoms with Gasteiger partial charge in [0.05, 0.1) is 6.20 Å². The standard InChI is InChI=1S/C8H14N2/c1-4-10-6-8(5-9-10)7(2)3/h5-7H,4H2,1-3H3. The van der Waals surface area contributed by atoms with Gasteiger partial charge in [-0.2, -0.15) is 5.10 Å². The largest absolute Gasteiger partial charge is 0.273 e. The number of aromatic nitrogens is 2. The first-order valence-electron chi connectivity index (χ1n) is 3.76. The van der Waals surface area contributed by atoms with Gasteiger partial charge in [-0.1, -0.05) is 13.8 Å². The summed E-state index contributed by atoms with van der Waals surface area (Å²) in [4.78, 5) is 0. The molecule has 10 heavy (non-hydrogen) atoms. The topological polar surface area (TPSA) is 17.8 Å². The molecule has 1 aromatic rings. The van der Waals surface area contributed by atoms with Gasteiger partial charge >= 0.3 is 0 Å². The van der Waals surface area contributed by atoms with E-state index in [0.29, 0.717) is 5.92 Å². The predicted molar refractivity (Wildman–Crippen MR) is 42.0 cm³/mol. The van der Waals surface area contributed by atoms with Crippen molar-refractivity contribution in [1.82, 2.24) is 9.78 Å². The molecule has 0 fully saturated rings. The van der Waals surface area contributed by atoms with Crippen molar-refractivity contribution in [2.45, 2.75) is 33.2 Å². The van der Waals surface area contributed by atoms with Crippen LogP contribution in [-0.2, 0) is 6.54 Å². The minimum Gasteiger partial charge on any atom is -0.273 e. The molecule has 0 spiro atoms. The van der Waals surface area contributed by atoms with Gasteiger partial charge in [-0.25, -0.2) is 0 Å². The van der Waals surface area contributed by atoms with Crippen LogP contribution in [0.25, 0.3) is 0 Å². The highest BCUT2D eigenvalue weighted by atomic mass is 15.3. The van der Waals surface area contributed by atoms with Crippen LogP contribution in [0.1, 0.15) is 32.3 Å². The first-order chi connectivity index (χ1) is 4.74. The summed E-state index contributed by atoms with van der Waals surface area (Å²) in [7, 11) is 0. The summed E-state index contributed by atoms with van der Waals surface area (Å²) < 4.78 is 1.95. The average molecular weight is 138 g/mol. The Labute approximate surface area is 61.9 Å². The minimum atomic E-state index is 0.597. The molecule has 0 atom stereocenters. The van der Waals surface area contributed by atoms with E-state index < -0.39 is 0 Å². The lowest BCUT2D eigenvalue weighted by atomic mass is 10.1. The van der Waals surface area contributed by atoms with Crippen molar-refractivity contribution >= 4 is 0 Å². The summed E-state index contributed by atoms with van der Waals surface area (Å²) in [6.45, 7) is 7.41. The third kappa shape index (κ3) is 1.38. The second kappa shape index (κ2) is 2.86. The van der Waals surface area contributed by atoms with E-state index in [-0.39, 0.29) is 0 Å². The van der Waals surface area contributed by atoms with Crippen LogP contribution in [0.15, 0.2) is 12.4 Å². The highest BCUT2D eigenvalue weighted by Crippen LogP contribution is 2.11. The normalized spacial score (nSPS) is 10.8. The van der Waals surface area contributed by atoms with Crippen LogP contribution in [0.4, 0.5) is 0 Å². The Morgan fingerprint density at radius 2 is 2.30 bits per heavy atom. The monoisotopic (exact) mass is 138 g/mol. The zero-order valence-corrected chi connectivity index (χ0v) is 6.83. The van der Waals surface area contributed by atoms with E-state index in [1.54, 1.807) is 0 Å². The molecule has 0 radical (unpaired) electrons.